The Morgan fingerprint density at radius 1 is 1.35 bits per heavy atom. The molecule has 0 bridgehead atoms. The molecule has 2 aliphatic rings. The second-order valence-electron chi connectivity index (χ2n) is 7.80. The summed E-state index contributed by atoms with van der Waals surface area (Å²) in [5.74, 6) is 0.786. The molecule has 5 nitrogen and oxygen atoms in total. The minimum atomic E-state index is -0.0664. The molecule has 1 fully saturated rings. The Bertz CT molecular complexity index is 803. The monoisotopic (exact) mass is 353 g/mol. The first-order valence-electron chi connectivity index (χ1n) is 9.60. The molecule has 1 unspecified atom stereocenters. The van der Waals surface area contributed by atoms with Gasteiger partial charge >= 0.3 is 6.03 Å². The van der Waals surface area contributed by atoms with Crippen LogP contribution in [0.1, 0.15) is 66.8 Å². The van der Waals surface area contributed by atoms with Crippen LogP contribution in [0, 0.1) is 13.8 Å². The predicted molar refractivity (Wildman–Crippen MR) is 99.9 cm³/mol. The molecule has 4 rings (SSSR count). The first-order valence-corrected chi connectivity index (χ1v) is 9.60. The summed E-state index contributed by atoms with van der Waals surface area (Å²) in [5.41, 5.74) is 4.77. The van der Waals surface area contributed by atoms with Gasteiger partial charge in [0, 0.05) is 24.1 Å². The fourth-order valence-electron chi connectivity index (χ4n) is 4.67. The SMILES string of the molecule is CCC(NC(=O)N1Cc2ccccc2C2(CCC2)C1)c1c(C)noc1C. The van der Waals surface area contributed by atoms with Gasteiger partial charge in [0.25, 0.3) is 0 Å². The van der Waals surface area contributed by atoms with Gasteiger partial charge in [-0.1, -0.05) is 42.8 Å². The number of nitrogens with one attached hydrogen (secondary N) is 1. The average molecular weight is 353 g/mol. The molecule has 5 heteroatoms. The third kappa shape index (κ3) is 2.70. The lowest BCUT2D eigenvalue weighted by Crippen LogP contribution is -2.54. The number of nitrogens with zero attached hydrogens (tertiary/aromatic N) is 2. The summed E-state index contributed by atoms with van der Waals surface area (Å²) in [6.45, 7) is 7.41. The van der Waals surface area contributed by atoms with Crippen molar-refractivity contribution in [2.75, 3.05) is 6.54 Å². The zero-order valence-corrected chi connectivity index (χ0v) is 15.8. The second-order valence-corrected chi connectivity index (χ2v) is 7.80. The van der Waals surface area contributed by atoms with E-state index in [1.54, 1.807) is 0 Å². The number of benzene rings is 1. The van der Waals surface area contributed by atoms with Gasteiger partial charge in [0.2, 0.25) is 0 Å². The summed E-state index contributed by atoms with van der Waals surface area (Å²) >= 11 is 0. The van der Waals surface area contributed by atoms with Crippen LogP contribution in [0.4, 0.5) is 4.79 Å². The molecule has 1 aliphatic carbocycles. The number of amides is 2. The Morgan fingerprint density at radius 3 is 2.73 bits per heavy atom. The van der Waals surface area contributed by atoms with Gasteiger partial charge in [-0.3, -0.25) is 0 Å². The molecule has 2 amide bonds. The van der Waals surface area contributed by atoms with E-state index in [1.165, 1.54) is 30.4 Å². The molecular formula is C21H27N3O2. The molecule has 1 aromatic carbocycles. The highest BCUT2D eigenvalue weighted by molar-refractivity contribution is 5.75. The highest BCUT2D eigenvalue weighted by Gasteiger charge is 2.45. The zero-order valence-electron chi connectivity index (χ0n) is 15.8. The van der Waals surface area contributed by atoms with Crippen LogP contribution in [-0.4, -0.2) is 22.6 Å². The van der Waals surface area contributed by atoms with E-state index < -0.39 is 0 Å². The standard InChI is InChI=1S/C21H27N3O2/c1-4-18(19-14(2)23-26-15(19)3)22-20(25)24-12-16-8-5-6-9-17(16)21(13-24)10-7-11-21/h5-6,8-9,18H,4,7,10-13H2,1-3H3,(H,22,25). The molecule has 2 aromatic rings. The van der Waals surface area contributed by atoms with Crippen molar-refractivity contribution in [2.24, 2.45) is 0 Å². The van der Waals surface area contributed by atoms with E-state index in [4.69, 9.17) is 4.52 Å². The first kappa shape index (κ1) is 17.1. The number of hydrogen-bond donors (Lipinski definition) is 1. The van der Waals surface area contributed by atoms with E-state index in [2.05, 4.69) is 41.7 Å². The lowest BCUT2D eigenvalue weighted by molar-refractivity contribution is 0.123. The van der Waals surface area contributed by atoms with Gasteiger partial charge in [0.05, 0.1) is 11.7 Å². The molecule has 0 saturated heterocycles. The van der Waals surface area contributed by atoms with Crippen molar-refractivity contribution in [3.63, 3.8) is 0 Å². The van der Waals surface area contributed by atoms with Gasteiger partial charge in [0.15, 0.2) is 0 Å². The number of aromatic nitrogens is 1. The minimum absolute atomic E-state index is 0.0117. The Morgan fingerprint density at radius 2 is 2.12 bits per heavy atom. The maximum Gasteiger partial charge on any atom is 0.318 e. The van der Waals surface area contributed by atoms with Crippen molar-refractivity contribution < 1.29 is 9.32 Å². The number of carbonyl (C=O) groups excluding carboxylic acids is 1. The third-order valence-corrected chi connectivity index (χ3v) is 6.18. The number of aryl methyl sites for hydroxylation is 2. The summed E-state index contributed by atoms with van der Waals surface area (Å²) < 4.78 is 5.30. The van der Waals surface area contributed by atoms with E-state index in [9.17, 15) is 4.79 Å². The lowest BCUT2D eigenvalue weighted by atomic mass is 9.61. The third-order valence-electron chi connectivity index (χ3n) is 6.18. The molecule has 2 heterocycles. The summed E-state index contributed by atoms with van der Waals surface area (Å²) in [6, 6.07) is 8.56. The van der Waals surface area contributed by atoms with Crippen molar-refractivity contribution in [3.05, 3.63) is 52.4 Å². The van der Waals surface area contributed by atoms with Gasteiger partial charge in [0.1, 0.15) is 5.76 Å². The van der Waals surface area contributed by atoms with Crippen LogP contribution < -0.4 is 5.32 Å². The molecule has 1 aromatic heterocycles. The quantitative estimate of drug-likeness (QED) is 0.890. The number of rotatable bonds is 3. The Labute approximate surface area is 154 Å². The topological polar surface area (TPSA) is 58.4 Å². The Hall–Kier alpha value is -2.30. The van der Waals surface area contributed by atoms with Crippen LogP contribution in [0.5, 0.6) is 0 Å². The fourth-order valence-corrected chi connectivity index (χ4v) is 4.67. The number of hydrogen-bond acceptors (Lipinski definition) is 3. The van der Waals surface area contributed by atoms with Gasteiger partial charge in [-0.25, -0.2) is 4.79 Å². The molecule has 1 atom stereocenters. The molecule has 26 heavy (non-hydrogen) atoms. The molecule has 1 N–H and O–H groups in total. The number of fused-ring (bicyclic) bond motifs is 2. The highest BCUT2D eigenvalue weighted by atomic mass is 16.5. The van der Waals surface area contributed by atoms with Crippen LogP contribution in [0.25, 0.3) is 0 Å². The van der Waals surface area contributed by atoms with E-state index >= 15 is 0 Å². The smallest absolute Gasteiger partial charge is 0.318 e. The van der Waals surface area contributed by atoms with E-state index in [-0.39, 0.29) is 17.5 Å². The van der Waals surface area contributed by atoms with Gasteiger partial charge in [-0.05, 0) is 44.2 Å². The number of urea groups is 1. The summed E-state index contributed by atoms with van der Waals surface area (Å²) in [6.07, 6.45) is 4.41. The minimum Gasteiger partial charge on any atom is -0.361 e. The van der Waals surface area contributed by atoms with E-state index in [1.807, 2.05) is 18.7 Å². The van der Waals surface area contributed by atoms with Crippen molar-refractivity contribution in [3.8, 4) is 0 Å². The van der Waals surface area contributed by atoms with Gasteiger partial charge in [-0.15, -0.1) is 0 Å². The fraction of sp³-hybridized carbons (Fsp3) is 0.524. The van der Waals surface area contributed by atoms with Crippen LogP contribution in [-0.2, 0) is 12.0 Å². The zero-order chi connectivity index (χ0) is 18.3. The molecule has 1 spiro atoms. The van der Waals surface area contributed by atoms with Crippen LogP contribution in [0.3, 0.4) is 0 Å². The second kappa shape index (κ2) is 6.45. The van der Waals surface area contributed by atoms with Crippen LogP contribution in [0.15, 0.2) is 28.8 Å². The van der Waals surface area contributed by atoms with Crippen molar-refractivity contribution in [2.45, 2.75) is 64.5 Å². The summed E-state index contributed by atoms with van der Waals surface area (Å²) in [5, 5.41) is 7.26. The first-order chi connectivity index (χ1) is 12.5. The average Bonchev–Trinajstić information content (AvgIpc) is 2.95. The predicted octanol–water partition coefficient (Wildman–Crippen LogP) is 4.39. The molecular weight excluding hydrogens is 326 g/mol. The Kier molecular flexibility index (Phi) is 4.25. The van der Waals surface area contributed by atoms with Crippen molar-refractivity contribution in [1.82, 2.24) is 15.4 Å². The molecule has 1 aliphatic heterocycles. The van der Waals surface area contributed by atoms with Crippen LogP contribution >= 0.6 is 0 Å². The summed E-state index contributed by atoms with van der Waals surface area (Å²) in [7, 11) is 0. The maximum absolute atomic E-state index is 13.1. The lowest BCUT2D eigenvalue weighted by Gasteiger charge is -2.50. The Balaban J connectivity index is 1.55. The van der Waals surface area contributed by atoms with E-state index in [0.29, 0.717) is 6.54 Å². The van der Waals surface area contributed by atoms with Gasteiger partial charge < -0.3 is 14.7 Å². The van der Waals surface area contributed by atoms with Crippen molar-refractivity contribution >= 4 is 6.03 Å². The van der Waals surface area contributed by atoms with Gasteiger partial charge in [-0.2, -0.15) is 0 Å². The van der Waals surface area contributed by atoms with E-state index in [0.717, 1.165) is 30.0 Å². The number of carbonyl (C=O) groups is 1. The normalized spacial score (nSPS) is 19.0. The highest BCUT2D eigenvalue weighted by Crippen LogP contribution is 2.48. The van der Waals surface area contributed by atoms with Crippen LogP contribution in [0.2, 0.25) is 0 Å². The summed E-state index contributed by atoms with van der Waals surface area (Å²) in [4.78, 5) is 15.1. The molecule has 1 saturated carbocycles. The largest absolute Gasteiger partial charge is 0.361 e. The van der Waals surface area contributed by atoms with Crippen molar-refractivity contribution in [1.29, 1.82) is 0 Å². The molecule has 0 radical (unpaired) electrons. The maximum atomic E-state index is 13.1. The molecule has 138 valence electrons.